The molecule has 0 unspecified atom stereocenters. The molecular formula is C55H43NSi. The molecular weight excluding hydrogens is 703 g/mol. The van der Waals surface area contributed by atoms with Gasteiger partial charge in [0.25, 0.3) is 0 Å². The zero-order valence-corrected chi connectivity index (χ0v) is 33.5. The smallest absolute Gasteiger partial charge is 0.123 e. The second-order valence-corrected chi connectivity index (χ2v) is 21.4. The van der Waals surface area contributed by atoms with Crippen molar-refractivity contribution >= 4 is 67.8 Å². The van der Waals surface area contributed by atoms with Crippen molar-refractivity contribution in [3.8, 4) is 33.4 Å². The summed E-state index contributed by atoms with van der Waals surface area (Å²) in [4.78, 5) is 2.54. The van der Waals surface area contributed by atoms with Gasteiger partial charge in [-0.05, 0) is 130 Å². The number of benzene rings is 9. The topological polar surface area (TPSA) is 3.24 Å². The van der Waals surface area contributed by atoms with Gasteiger partial charge in [-0.3, -0.25) is 0 Å². The van der Waals surface area contributed by atoms with Crippen LogP contribution in [0.5, 0.6) is 0 Å². The monoisotopic (exact) mass is 745 g/mol. The average molecular weight is 746 g/mol. The van der Waals surface area contributed by atoms with Crippen LogP contribution < -0.4 is 15.3 Å². The van der Waals surface area contributed by atoms with Crippen molar-refractivity contribution in [2.24, 2.45) is 0 Å². The molecule has 0 bridgehead atoms. The van der Waals surface area contributed by atoms with E-state index in [1.54, 1.807) is 10.4 Å². The number of fused-ring (bicyclic) bond motifs is 11. The highest BCUT2D eigenvalue weighted by molar-refractivity contribution is 7.05. The van der Waals surface area contributed by atoms with Gasteiger partial charge < -0.3 is 4.90 Å². The fourth-order valence-corrected chi connectivity index (χ4v) is 17.0. The predicted molar refractivity (Wildman–Crippen MR) is 246 cm³/mol. The Morgan fingerprint density at radius 1 is 0.421 bits per heavy atom. The molecule has 1 saturated heterocycles. The molecule has 0 aromatic heterocycles. The Balaban J connectivity index is 1.15. The normalized spacial score (nSPS) is 15.9. The maximum Gasteiger partial charge on any atom is 0.123 e. The molecule has 9 aromatic carbocycles. The van der Waals surface area contributed by atoms with E-state index < -0.39 is 8.07 Å². The van der Waals surface area contributed by atoms with E-state index in [2.05, 4.69) is 195 Å². The number of para-hydroxylation sites is 2. The molecule has 272 valence electrons. The molecule has 0 radical (unpaired) electrons. The van der Waals surface area contributed by atoms with Gasteiger partial charge in [0.15, 0.2) is 0 Å². The summed E-state index contributed by atoms with van der Waals surface area (Å²) in [5.41, 5.74) is 14.8. The third kappa shape index (κ3) is 4.51. The standard InChI is InChI=1S/C55H43NSi/c1-55(2)46-27-13-12-26-44(46)54-39-21-7-6-20-38(39)45(35-47(54)55)53-42-24-10-8-22-40(42)52(41-23-9-11-25-43(41)53)36-30-31-49-51(34-36)57(32-16-17-33-57)50-29-15-14-28-48(50)56(49)37-18-4-3-5-19-37/h3-15,18-31,34-35H,16-17,32-33H2,1-2H3. The van der Waals surface area contributed by atoms with E-state index in [0.29, 0.717) is 0 Å². The number of nitrogens with zero attached hydrogens (tertiary/aromatic N) is 1. The van der Waals surface area contributed by atoms with Crippen molar-refractivity contribution in [3.63, 3.8) is 0 Å². The van der Waals surface area contributed by atoms with Gasteiger partial charge in [0, 0.05) is 22.5 Å². The first-order valence-electron chi connectivity index (χ1n) is 20.7. The third-order valence-electron chi connectivity index (χ3n) is 14.0. The van der Waals surface area contributed by atoms with Crippen LogP contribution in [0, 0.1) is 0 Å². The van der Waals surface area contributed by atoms with Crippen LogP contribution in [0.1, 0.15) is 37.8 Å². The molecule has 0 atom stereocenters. The summed E-state index contributed by atoms with van der Waals surface area (Å²) in [5.74, 6) is 0. The average Bonchev–Trinajstić information content (AvgIpc) is 3.84. The van der Waals surface area contributed by atoms with E-state index >= 15 is 0 Å². The zero-order chi connectivity index (χ0) is 37.9. The summed E-state index contributed by atoms with van der Waals surface area (Å²) in [6.07, 6.45) is 2.62. The Hall–Kier alpha value is -6.22. The first kappa shape index (κ1) is 33.0. The molecule has 0 saturated carbocycles. The third-order valence-corrected chi connectivity index (χ3v) is 19.3. The lowest BCUT2D eigenvalue weighted by Crippen LogP contribution is -2.61. The van der Waals surface area contributed by atoms with Gasteiger partial charge in [-0.15, -0.1) is 0 Å². The molecule has 2 heterocycles. The summed E-state index contributed by atoms with van der Waals surface area (Å²) >= 11 is 0. The van der Waals surface area contributed by atoms with E-state index in [1.807, 2.05) is 0 Å². The Morgan fingerprint density at radius 3 is 1.67 bits per heavy atom. The van der Waals surface area contributed by atoms with E-state index in [9.17, 15) is 0 Å². The summed E-state index contributed by atoms with van der Waals surface area (Å²) in [6.45, 7) is 4.81. The van der Waals surface area contributed by atoms with Gasteiger partial charge in [0.1, 0.15) is 8.07 Å². The maximum atomic E-state index is 2.65. The second kappa shape index (κ2) is 12.1. The highest BCUT2D eigenvalue weighted by Crippen LogP contribution is 2.55. The molecule has 1 nitrogen and oxygen atoms in total. The van der Waals surface area contributed by atoms with Gasteiger partial charge in [-0.25, -0.2) is 0 Å². The molecule has 12 rings (SSSR count). The van der Waals surface area contributed by atoms with Crippen molar-refractivity contribution in [2.45, 2.75) is 44.2 Å². The van der Waals surface area contributed by atoms with E-state index in [-0.39, 0.29) is 5.41 Å². The molecule has 9 aromatic rings. The number of rotatable bonds is 3. The highest BCUT2D eigenvalue weighted by atomic mass is 28.3. The SMILES string of the molecule is CC1(C)c2ccccc2-c2c1cc(-c1c3ccccc3c(-c3ccc4c(c3)[Si]3(CCCC3)c3ccccc3N4c3ccccc3)c3ccccc13)c1ccccc21. The molecule has 0 N–H and O–H groups in total. The Morgan fingerprint density at radius 2 is 0.965 bits per heavy atom. The minimum Gasteiger partial charge on any atom is -0.311 e. The van der Waals surface area contributed by atoms with Crippen molar-refractivity contribution in [1.29, 1.82) is 0 Å². The Labute approximate surface area is 335 Å². The molecule has 57 heavy (non-hydrogen) atoms. The largest absolute Gasteiger partial charge is 0.311 e. The van der Waals surface area contributed by atoms with Crippen LogP contribution in [0.4, 0.5) is 17.1 Å². The van der Waals surface area contributed by atoms with E-state index in [0.717, 1.165) is 0 Å². The molecule has 0 amide bonds. The van der Waals surface area contributed by atoms with Crippen LogP contribution in [0.25, 0.3) is 65.7 Å². The summed E-state index contributed by atoms with van der Waals surface area (Å²) in [7, 11) is -2.02. The van der Waals surface area contributed by atoms with Crippen LogP contribution in [0.3, 0.4) is 0 Å². The van der Waals surface area contributed by atoms with Crippen molar-refractivity contribution < 1.29 is 0 Å². The van der Waals surface area contributed by atoms with Crippen molar-refractivity contribution in [2.75, 3.05) is 4.90 Å². The number of hydrogen-bond acceptors (Lipinski definition) is 1. The van der Waals surface area contributed by atoms with Gasteiger partial charge >= 0.3 is 0 Å². The Kier molecular flexibility index (Phi) is 7.02. The van der Waals surface area contributed by atoms with Crippen LogP contribution in [0.15, 0.2) is 176 Å². The van der Waals surface area contributed by atoms with Gasteiger partial charge in [-0.1, -0.05) is 172 Å². The van der Waals surface area contributed by atoms with Crippen LogP contribution in [0.2, 0.25) is 12.1 Å². The summed E-state index contributed by atoms with van der Waals surface area (Å²) in [6, 6.07) is 69.7. The molecule has 2 aliphatic heterocycles. The molecule has 3 aliphatic rings. The lowest BCUT2D eigenvalue weighted by Gasteiger charge is -2.43. The molecule has 1 fully saturated rings. The van der Waals surface area contributed by atoms with Gasteiger partial charge in [0.2, 0.25) is 0 Å². The molecule has 2 heteroatoms. The van der Waals surface area contributed by atoms with Crippen LogP contribution in [-0.4, -0.2) is 8.07 Å². The lowest BCUT2D eigenvalue weighted by atomic mass is 9.79. The van der Waals surface area contributed by atoms with E-state index in [4.69, 9.17) is 0 Å². The minimum atomic E-state index is -2.02. The van der Waals surface area contributed by atoms with Crippen molar-refractivity contribution in [1.82, 2.24) is 0 Å². The Bertz CT molecular complexity index is 3060. The van der Waals surface area contributed by atoms with Crippen molar-refractivity contribution in [3.05, 3.63) is 187 Å². The first-order chi connectivity index (χ1) is 28.0. The van der Waals surface area contributed by atoms with Crippen LogP contribution in [-0.2, 0) is 5.41 Å². The van der Waals surface area contributed by atoms with Gasteiger partial charge in [0.05, 0.1) is 0 Å². The summed E-state index contributed by atoms with van der Waals surface area (Å²) < 4.78 is 0. The maximum absolute atomic E-state index is 2.65. The van der Waals surface area contributed by atoms with Gasteiger partial charge in [-0.2, -0.15) is 0 Å². The predicted octanol–water partition coefficient (Wildman–Crippen LogP) is 13.9. The molecule has 1 aliphatic carbocycles. The summed E-state index contributed by atoms with van der Waals surface area (Å²) in [5, 5.41) is 11.1. The quantitative estimate of drug-likeness (QED) is 0.129. The first-order valence-corrected chi connectivity index (χ1v) is 23.2. The van der Waals surface area contributed by atoms with E-state index in [1.165, 1.54) is 119 Å². The minimum absolute atomic E-state index is 0.105. The fraction of sp³-hybridized carbons (Fsp3) is 0.127. The highest BCUT2D eigenvalue weighted by Gasteiger charge is 2.47. The lowest BCUT2D eigenvalue weighted by molar-refractivity contribution is 0.661. The number of anilines is 3. The van der Waals surface area contributed by atoms with Crippen LogP contribution >= 0.6 is 0 Å². The fourth-order valence-electron chi connectivity index (χ4n) is 11.5. The second-order valence-electron chi connectivity index (χ2n) is 17.1. The number of hydrogen-bond donors (Lipinski definition) is 0. The molecule has 1 spiro atoms. The zero-order valence-electron chi connectivity index (χ0n) is 32.5.